The van der Waals surface area contributed by atoms with E-state index in [1.165, 1.54) is 22.3 Å². The van der Waals surface area contributed by atoms with Gasteiger partial charge in [0.25, 0.3) is 0 Å². The third kappa shape index (κ3) is 5.96. The summed E-state index contributed by atoms with van der Waals surface area (Å²) >= 11 is 2.19. The Bertz CT molecular complexity index is 1220. The highest BCUT2D eigenvalue weighted by atomic mass is 127. The number of carbonyl (C=O) groups is 2. The standard InChI is InChI=1S/C28H29IN2O4/c1-17-18(13-19(29)14-25(17)31-27(33)35-28(2,3)4)15-30-26(32)34-16-24-22-11-7-5-9-20(22)21-10-6-8-12-23(21)24/h5-14,24H,15-16H2,1-4H3,(H,30,32)(H,31,33). The molecule has 182 valence electrons. The van der Waals surface area contributed by atoms with E-state index in [0.29, 0.717) is 5.69 Å². The van der Waals surface area contributed by atoms with E-state index < -0.39 is 17.8 Å². The van der Waals surface area contributed by atoms with Crippen LogP contribution in [-0.4, -0.2) is 24.4 Å². The predicted octanol–water partition coefficient (Wildman–Crippen LogP) is 6.99. The van der Waals surface area contributed by atoms with Gasteiger partial charge in [0.1, 0.15) is 12.2 Å². The van der Waals surface area contributed by atoms with Crippen LogP contribution in [0.5, 0.6) is 0 Å². The van der Waals surface area contributed by atoms with E-state index in [0.717, 1.165) is 14.7 Å². The van der Waals surface area contributed by atoms with Crippen LogP contribution in [0.1, 0.15) is 48.9 Å². The number of benzene rings is 3. The molecule has 3 aromatic carbocycles. The zero-order chi connectivity index (χ0) is 25.2. The first-order valence-electron chi connectivity index (χ1n) is 11.5. The van der Waals surface area contributed by atoms with Crippen LogP contribution in [0.15, 0.2) is 60.7 Å². The van der Waals surface area contributed by atoms with Crippen LogP contribution in [0.2, 0.25) is 0 Å². The number of carbonyl (C=O) groups excluding carboxylic acids is 2. The van der Waals surface area contributed by atoms with Gasteiger partial charge in [0.2, 0.25) is 0 Å². The summed E-state index contributed by atoms with van der Waals surface area (Å²) in [5, 5.41) is 5.66. The van der Waals surface area contributed by atoms with Gasteiger partial charge in [-0.1, -0.05) is 48.5 Å². The van der Waals surface area contributed by atoms with Crippen molar-refractivity contribution in [1.82, 2.24) is 5.32 Å². The topological polar surface area (TPSA) is 76.7 Å². The zero-order valence-corrected chi connectivity index (χ0v) is 22.4. The number of rotatable bonds is 5. The van der Waals surface area contributed by atoms with Gasteiger partial charge in [0, 0.05) is 21.7 Å². The van der Waals surface area contributed by atoms with E-state index in [1.54, 1.807) is 0 Å². The molecule has 0 heterocycles. The van der Waals surface area contributed by atoms with Crippen molar-refractivity contribution in [3.63, 3.8) is 0 Å². The minimum absolute atomic E-state index is 0.0113. The maximum Gasteiger partial charge on any atom is 0.412 e. The molecule has 0 unspecified atom stereocenters. The molecule has 2 amide bonds. The monoisotopic (exact) mass is 584 g/mol. The van der Waals surface area contributed by atoms with Gasteiger partial charge in [-0.05, 0) is 95.8 Å². The largest absolute Gasteiger partial charge is 0.449 e. The molecule has 35 heavy (non-hydrogen) atoms. The van der Waals surface area contributed by atoms with Crippen molar-refractivity contribution >= 4 is 40.5 Å². The molecule has 4 rings (SSSR count). The highest BCUT2D eigenvalue weighted by Gasteiger charge is 2.29. The van der Waals surface area contributed by atoms with E-state index in [-0.39, 0.29) is 19.1 Å². The maximum atomic E-state index is 12.6. The van der Waals surface area contributed by atoms with Crippen molar-refractivity contribution in [3.8, 4) is 11.1 Å². The fraction of sp³-hybridized carbons (Fsp3) is 0.286. The number of hydrogen-bond acceptors (Lipinski definition) is 4. The number of hydrogen-bond donors (Lipinski definition) is 2. The second-order valence-corrected chi connectivity index (χ2v) is 10.8. The Morgan fingerprint density at radius 1 is 0.943 bits per heavy atom. The summed E-state index contributed by atoms with van der Waals surface area (Å²) in [5.41, 5.74) is 6.53. The van der Waals surface area contributed by atoms with Gasteiger partial charge in [-0.15, -0.1) is 0 Å². The van der Waals surface area contributed by atoms with Gasteiger partial charge < -0.3 is 14.8 Å². The van der Waals surface area contributed by atoms with Crippen LogP contribution in [0.25, 0.3) is 11.1 Å². The Kier molecular flexibility index (Phi) is 7.35. The fourth-order valence-electron chi connectivity index (χ4n) is 4.28. The number of anilines is 1. The highest BCUT2D eigenvalue weighted by Crippen LogP contribution is 2.44. The lowest BCUT2D eigenvalue weighted by molar-refractivity contribution is 0.0635. The second kappa shape index (κ2) is 10.3. The second-order valence-electron chi connectivity index (χ2n) is 9.54. The normalized spacial score (nSPS) is 12.5. The van der Waals surface area contributed by atoms with Crippen molar-refractivity contribution in [2.75, 3.05) is 11.9 Å². The number of ether oxygens (including phenoxy) is 2. The zero-order valence-electron chi connectivity index (χ0n) is 20.3. The molecule has 0 atom stereocenters. The Balaban J connectivity index is 1.39. The number of fused-ring (bicyclic) bond motifs is 3. The van der Waals surface area contributed by atoms with Gasteiger partial charge >= 0.3 is 12.2 Å². The van der Waals surface area contributed by atoms with Crippen LogP contribution in [0.4, 0.5) is 15.3 Å². The smallest absolute Gasteiger partial charge is 0.412 e. The lowest BCUT2D eigenvalue weighted by Crippen LogP contribution is -2.28. The average molecular weight is 584 g/mol. The Morgan fingerprint density at radius 2 is 1.54 bits per heavy atom. The molecule has 0 saturated carbocycles. The van der Waals surface area contributed by atoms with E-state index >= 15 is 0 Å². The molecule has 6 nitrogen and oxygen atoms in total. The van der Waals surface area contributed by atoms with Crippen LogP contribution in [0.3, 0.4) is 0 Å². The first kappa shape index (κ1) is 25.0. The fourth-order valence-corrected chi connectivity index (χ4v) is 4.97. The number of amides is 2. The van der Waals surface area contributed by atoms with Crippen molar-refractivity contribution in [3.05, 3.63) is 86.5 Å². The van der Waals surface area contributed by atoms with Crippen LogP contribution in [-0.2, 0) is 16.0 Å². The Hall–Kier alpha value is -3.07. The first-order valence-corrected chi connectivity index (χ1v) is 12.6. The lowest BCUT2D eigenvalue weighted by atomic mass is 9.98. The van der Waals surface area contributed by atoms with Gasteiger partial charge in [0.15, 0.2) is 0 Å². The van der Waals surface area contributed by atoms with Crippen LogP contribution >= 0.6 is 22.6 Å². The van der Waals surface area contributed by atoms with Gasteiger partial charge in [-0.25, -0.2) is 9.59 Å². The van der Waals surface area contributed by atoms with Gasteiger partial charge in [0.05, 0.1) is 0 Å². The molecule has 0 bridgehead atoms. The molecule has 7 heteroatoms. The molecule has 1 aliphatic carbocycles. The minimum atomic E-state index is -0.589. The van der Waals surface area contributed by atoms with Crippen molar-refractivity contribution in [2.24, 2.45) is 0 Å². The van der Waals surface area contributed by atoms with Gasteiger partial charge in [-0.2, -0.15) is 0 Å². The summed E-state index contributed by atoms with van der Waals surface area (Å²) in [7, 11) is 0. The summed E-state index contributed by atoms with van der Waals surface area (Å²) in [4.78, 5) is 24.8. The molecule has 1 aliphatic rings. The summed E-state index contributed by atoms with van der Waals surface area (Å²) < 4.78 is 11.9. The number of nitrogens with one attached hydrogen (secondary N) is 2. The third-order valence-electron chi connectivity index (χ3n) is 5.88. The molecular formula is C28H29IN2O4. The van der Waals surface area contributed by atoms with Crippen LogP contribution < -0.4 is 10.6 Å². The summed E-state index contributed by atoms with van der Waals surface area (Å²) in [6.07, 6.45) is -0.996. The quantitative estimate of drug-likeness (QED) is 0.317. The Morgan fingerprint density at radius 3 is 2.14 bits per heavy atom. The number of halogens is 1. The molecule has 0 aromatic heterocycles. The minimum Gasteiger partial charge on any atom is -0.449 e. The summed E-state index contributed by atoms with van der Waals surface area (Å²) in [6, 6.07) is 20.3. The molecular weight excluding hydrogens is 555 g/mol. The first-order chi connectivity index (χ1) is 16.6. The summed E-state index contributed by atoms with van der Waals surface area (Å²) in [6.45, 7) is 7.89. The summed E-state index contributed by atoms with van der Waals surface area (Å²) in [5.74, 6) is 0.0113. The van der Waals surface area contributed by atoms with Crippen molar-refractivity contribution in [1.29, 1.82) is 0 Å². The van der Waals surface area contributed by atoms with Gasteiger partial charge in [-0.3, -0.25) is 5.32 Å². The predicted molar refractivity (Wildman–Crippen MR) is 146 cm³/mol. The van der Waals surface area contributed by atoms with E-state index in [9.17, 15) is 9.59 Å². The molecule has 0 spiro atoms. The van der Waals surface area contributed by atoms with E-state index in [1.807, 2.05) is 64.1 Å². The van der Waals surface area contributed by atoms with Crippen LogP contribution in [0, 0.1) is 10.5 Å². The molecule has 0 aliphatic heterocycles. The lowest BCUT2D eigenvalue weighted by Gasteiger charge is -2.21. The molecule has 0 saturated heterocycles. The average Bonchev–Trinajstić information content (AvgIpc) is 3.11. The molecule has 0 radical (unpaired) electrons. The van der Waals surface area contributed by atoms with E-state index in [2.05, 4.69) is 57.5 Å². The van der Waals surface area contributed by atoms with Crippen molar-refractivity contribution in [2.45, 2.75) is 45.8 Å². The highest BCUT2D eigenvalue weighted by molar-refractivity contribution is 14.1. The third-order valence-corrected chi connectivity index (χ3v) is 6.51. The van der Waals surface area contributed by atoms with E-state index in [4.69, 9.17) is 9.47 Å². The molecule has 3 aromatic rings. The molecule has 0 fully saturated rings. The Labute approximate surface area is 219 Å². The molecule has 2 N–H and O–H groups in total. The van der Waals surface area contributed by atoms with Crippen molar-refractivity contribution < 1.29 is 19.1 Å². The number of alkyl carbamates (subject to hydrolysis) is 1. The SMILES string of the molecule is Cc1c(CNC(=O)OCC2c3ccccc3-c3ccccc32)cc(I)cc1NC(=O)OC(C)(C)C. The maximum absolute atomic E-state index is 12.6.